The number of aryl methyl sites for hydroxylation is 1. The van der Waals surface area contributed by atoms with Crippen LogP contribution in [0.2, 0.25) is 0 Å². The van der Waals surface area contributed by atoms with Gasteiger partial charge < -0.3 is 4.74 Å². The number of fused-ring (bicyclic) bond motifs is 13. The number of allylic oxidation sites excluding steroid dienone is 2. The van der Waals surface area contributed by atoms with E-state index in [-0.39, 0.29) is 17.1 Å². The van der Waals surface area contributed by atoms with Gasteiger partial charge in [-0.25, -0.2) is 8.42 Å². The van der Waals surface area contributed by atoms with Gasteiger partial charge in [0.05, 0.1) is 23.7 Å². The van der Waals surface area contributed by atoms with Gasteiger partial charge in [0.1, 0.15) is 0 Å². The second-order valence-electron chi connectivity index (χ2n) is 10.3. The van der Waals surface area contributed by atoms with Gasteiger partial charge in [-0.2, -0.15) is 4.31 Å². The molecule has 0 aromatic heterocycles. The Bertz CT molecular complexity index is 1010. The van der Waals surface area contributed by atoms with Crippen LogP contribution in [0.5, 0.6) is 0 Å². The number of hydrogen-bond acceptors (Lipinski definition) is 4. The Hall–Kier alpha value is -1.92. The van der Waals surface area contributed by atoms with Crippen molar-refractivity contribution in [2.75, 3.05) is 19.7 Å². The van der Waals surface area contributed by atoms with E-state index in [0.29, 0.717) is 31.0 Å². The monoisotopic (exact) mass is 485 g/mol. The largest absolute Gasteiger partial charge is 0.501 e. The molecule has 2 atom stereocenters. The summed E-state index contributed by atoms with van der Waals surface area (Å²) in [5.41, 5.74) is 1.67. The fourth-order valence-electron chi connectivity index (χ4n) is 5.66. The lowest BCUT2D eigenvalue weighted by molar-refractivity contribution is -0.125. The summed E-state index contributed by atoms with van der Waals surface area (Å²) in [5.74, 6) is 0.00175. The maximum atomic E-state index is 13.5. The Kier molecular flexibility index (Phi) is 8.30. The van der Waals surface area contributed by atoms with Crippen LogP contribution in [0.4, 0.5) is 0 Å². The molecule has 1 spiro atoms. The molecular formula is C28H39NO4S. The molecule has 1 aromatic carbocycles. The first-order chi connectivity index (χ1) is 16.4. The van der Waals surface area contributed by atoms with Crippen molar-refractivity contribution < 1.29 is 17.9 Å². The van der Waals surface area contributed by atoms with Gasteiger partial charge in [-0.05, 0) is 56.4 Å². The summed E-state index contributed by atoms with van der Waals surface area (Å²) in [6.07, 6.45) is 17.0. The van der Waals surface area contributed by atoms with Crippen LogP contribution < -0.4 is 0 Å². The predicted octanol–water partition coefficient (Wildman–Crippen LogP) is 5.95. The molecule has 0 saturated carbocycles. The molecule has 0 N–H and O–H groups in total. The number of rotatable bonds is 2. The fourth-order valence-corrected chi connectivity index (χ4v) is 7.14. The summed E-state index contributed by atoms with van der Waals surface area (Å²) in [4.78, 5) is 13.8. The van der Waals surface area contributed by atoms with Gasteiger partial charge >= 0.3 is 0 Å². The third-order valence-electron chi connectivity index (χ3n) is 7.87. The summed E-state index contributed by atoms with van der Waals surface area (Å²) in [5, 5.41) is 0. The minimum Gasteiger partial charge on any atom is -0.501 e. The van der Waals surface area contributed by atoms with Crippen molar-refractivity contribution in [3.05, 3.63) is 53.8 Å². The Labute approximate surface area is 205 Å². The molecule has 5 nitrogen and oxygen atoms in total. The molecule has 1 fully saturated rings. The lowest BCUT2D eigenvalue weighted by atomic mass is 9.63. The zero-order valence-electron chi connectivity index (χ0n) is 20.5. The van der Waals surface area contributed by atoms with E-state index in [9.17, 15) is 13.2 Å². The second-order valence-corrected chi connectivity index (χ2v) is 12.3. The molecule has 0 unspecified atom stereocenters. The lowest BCUT2D eigenvalue weighted by Gasteiger charge is -2.43. The van der Waals surface area contributed by atoms with Crippen LogP contribution >= 0.6 is 0 Å². The quantitative estimate of drug-likeness (QED) is 0.520. The van der Waals surface area contributed by atoms with Crippen LogP contribution in [0.3, 0.4) is 0 Å². The molecule has 186 valence electrons. The zero-order chi connectivity index (χ0) is 24.0. The van der Waals surface area contributed by atoms with Crippen LogP contribution in [0.25, 0.3) is 0 Å². The van der Waals surface area contributed by atoms with Gasteiger partial charge in [0.15, 0.2) is 5.78 Å². The van der Waals surface area contributed by atoms with Crippen molar-refractivity contribution in [2.45, 2.75) is 82.4 Å². The van der Waals surface area contributed by atoms with Gasteiger partial charge in [-0.1, -0.05) is 68.7 Å². The minimum atomic E-state index is -3.60. The molecule has 0 amide bonds. The molecule has 3 heterocycles. The average molecular weight is 486 g/mol. The Morgan fingerprint density at radius 2 is 1.62 bits per heavy atom. The van der Waals surface area contributed by atoms with Crippen molar-refractivity contribution in [2.24, 2.45) is 11.3 Å². The molecule has 1 saturated heterocycles. The van der Waals surface area contributed by atoms with Gasteiger partial charge in [0.2, 0.25) is 10.0 Å². The van der Waals surface area contributed by atoms with E-state index in [4.69, 9.17) is 4.74 Å². The van der Waals surface area contributed by atoms with Crippen LogP contribution in [0.1, 0.15) is 76.2 Å². The first kappa shape index (κ1) is 25.2. The summed E-state index contributed by atoms with van der Waals surface area (Å²) in [6.45, 7) is 3.39. The van der Waals surface area contributed by atoms with Crippen LogP contribution in [-0.4, -0.2) is 38.2 Å². The smallest absolute Gasteiger partial charge is 0.243 e. The number of carbonyl (C=O) groups excluding carboxylic acids is 1. The molecule has 4 aliphatic rings. The van der Waals surface area contributed by atoms with Crippen molar-refractivity contribution in [3.63, 3.8) is 0 Å². The number of hydrogen-bond donors (Lipinski definition) is 0. The molecule has 3 aliphatic heterocycles. The average Bonchev–Trinajstić information content (AvgIpc) is 2.83. The van der Waals surface area contributed by atoms with Crippen LogP contribution in [-0.2, 0) is 19.6 Å². The Morgan fingerprint density at radius 1 is 0.941 bits per heavy atom. The van der Waals surface area contributed by atoms with Crippen LogP contribution in [0.15, 0.2) is 53.1 Å². The topological polar surface area (TPSA) is 63.7 Å². The third kappa shape index (κ3) is 5.65. The maximum absolute atomic E-state index is 13.5. The van der Waals surface area contributed by atoms with Crippen molar-refractivity contribution in [1.82, 2.24) is 4.31 Å². The number of nitrogens with zero attached hydrogens (tertiary/aromatic N) is 1. The van der Waals surface area contributed by atoms with E-state index in [0.717, 1.165) is 49.7 Å². The predicted molar refractivity (Wildman–Crippen MR) is 135 cm³/mol. The van der Waals surface area contributed by atoms with Gasteiger partial charge in [-0.3, -0.25) is 4.79 Å². The van der Waals surface area contributed by atoms with E-state index < -0.39 is 10.0 Å². The highest BCUT2D eigenvalue weighted by Crippen LogP contribution is 2.46. The van der Waals surface area contributed by atoms with Crippen LogP contribution in [0, 0.1) is 18.3 Å². The molecule has 0 radical (unpaired) electrons. The highest BCUT2D eigenvalue weighted by molar-refractivity contribution is 7.89. The number of ketones is 1. The van der Waals surface area contributed by atoms with Crippen molar-refractivity contribution in [1.29, 1.82) is 0 Å². The number of carbonyl (C=O) groups is 1. The van der Waals surface area contributed by atoms with Gasteiger partial charge in [0, 0.05) is 18.5 Å². The van der Waals surface area contributed by atoms with E-state index >= 15 is 0 Å². The third-order valence-corrected chi connectivity index (χ3v) is 9.79. The highest BCUT2D eigenvalue weighted by atomic mass is 32.2. The minimum absolute atomic E-state index is 0.142. The van der Waals surface area contributed by atoms with Crippen molar-refractivity contribution >= 4 is 15.8 Å². The lowest BCUT2D eigenvalue weighted by Crippen LogP contribution is -2.44. The molecule has 1 aliphatic carbocycles. The number of benzene rings is 1. The summed E-state index contributed by atoms with van der Waals surface area (Å²) in [6, 6.07) is 7.08. The summed E-state index contributed by atoms with van der Waals surface area (Å²) >= 11 is 0. The number of ether oxygens (including phenoxy) is 1. The second kappa shape index (κ2) is 11.2. The number of sulfonamides is 1. The number of Topliss-reactive ketones (excluding diaryl/α,β-unsaturated/α-hetero) is 1. The molecule has 6 heteroatoms. The Balaban J connectivity index is 1.57. The van der Waals surface area contributed by atoms with Crippen molar-refractivity contribution in [3.8, 4) is 0 Å². The normalized spacial score (nSPS) is 28.0. The van der Waals surface area contributed by atoms with E-state index in [1.807, 2.05) is 25.1 Å². The van der Waals surface area contributed by atoms with E-state index in [1.165, 1.54) is 25.7 Å². The summed E-state index contributed by atoms with van der Waals surface area (Å²) < 4.78 is 34.3. The van der Waals surface area contributed by atoms with E-state index in [2.05, 4.69) is 6.08 Å². The summed E-state index contributed by atoms with van der Waals surface area (Å²) in [7, 11) is -3.60. The molecule has 2 bridgehead atoms. The zero-order valence-corrected chi connectivity index (χ0v) is 21.3. The van der Waals surface area contributed by atoms with E-state index in [1.54, 1.807) is 22.7 Å². The molecule has 5 rings (SSSR count). The highest BCUT2D eigenvalue weighted by Gasteiger charge is 2.46. The fraction of sp³-hybridized carbons (Fsp3) is 0.607. The van der Waals surface area contributed by atoms with Gasteiger partial charge in [-0.15, -0.1) is 0 Å². The molecular weight excluding hydrogens is 446 g/mol. The SMILES string of the molecule is Cc1ccc(S(=O)(=O)N2CCCCCCCCCC[C@@]34CC=C(CC2)C(=O)[C@@H]3C=COC4)cc1. The molecule has 1 aromatic rings. The Morgan fingerprint density at radius 3 is 2.35 bits per heavy atom. The molecule has 34 heavy (non-hydrogen) atoms. The van der Waals surface area contributed by atoms with Gasteiger partial charge in [0.25, 0.3) is 0 Å². The standard InChI is InChI=1S/C28H39NO4S/c1-23-10-12-25(13-11-23)34(31,32)29-19-9-7-5-3-2-4-6-8-17-28-18-14-24(15-20-29)27(30)26(28)16-21-33-22-28/h10-14,16,21,26H,2-9,15,17-20,22H2,1H3/t26-,28-/m0/s1. The maximum Gasteiger partial charge on any atom is 0.243 e. The first-order valence-electron chi connectivity index (χ1n) is 13.0. The first-order valence-corrected chi connectivity index (χ1v) is 14.4.